The van der Waals surface area contributed by atoms with E-state index in [4.69, 9.17) is 4.74 Å². The molecule has 0 amide bonds. The molecule has 0 saturated carbocycles. The Bertz CT molecular complexity index is 338. The van der Waals surface area contributed by atoms with Crippen molar-refractivity contribution in [2.75, 3.05) is 13.7 Å². The largest absolute Gasteiger partial charge is 0.497 e. The molecule has 94 valence electrons. The van der Waals surface area contributed by atoms with Crippen molar-refractivity contribution < 1.29 is 9.84 Å². The van der Waals surface area contributed by atoms with Gasteiger partial charge >= 0.3 is 0 Å². The van der Waals surface area contributed by atoms with E-state index in [1.54, 1.807) is 7.11 Å². The van der Waals surface area contributed by atoms with Crippen molar-refractivity contribution in [1.29, 1.82) is 0 Å². The third-order valence-electron chi connectivity index (χ3n) is 3.04. The lowest BCUT2D eigenvalue weighted by Crippen LogP contribution is -2.11. The summed E-state index contributed by atoms with van der Waals surface area (Å²) in [7, 11) is 1.67. The molecule has 1 aromatic carbocycles. The van der Waals surface area contributed by atoms with Crippen molar-refractivity contribution in [1.82, 2.24) is 0 Å². The summed E-state index contributed by atoms with van der Waals surface area (Å²) >= 11 is 0. The molecule has 0 aliphatic heterocycles. The molecule has 17 heavy (non-hydrogen) atoms. The molecule has 0 aromatic heterocycles. The Morgan fingerprint density at radius 2 is 1.88 bits per heavy atom. The van der Waals surface area contributed by atoms with Gasteiger partial charge < -0.3 is 9.84 Å². The molecule has 0 bridgehead atoms. The van der Waals surface area contributed by atoms with E-state index in [1.165, 1.54) is 0 Å². The van der Waals surface area contributed by atoms with Gasteiger partial charge in [0.25, 0.3) is 0 Å². The van der Waals surface area contributed by atoms with Gasteiger partial charge in [0.05, 0.1) is 7.11 Å². The van der Waals surface area contributed by atoms with Gasteiger partial charge in [0.15, 0.2) is 0 Å². The van der Waals surface area contributed by atoms with E-state index in [2.05, 4.69) is 26.0 Å². The normalized spacial score (nSPS) is 13.2. The maximum Gasteiger partial charge on any atom is 0.118 e. The number of allylic oxidation sites excluding steroid dienone is 1. The maximum atomic E-state index is 9.21. The summed E-state index contributed by atoms with van der Waals surface area (Å²) in [5.41, 5.74) is 1.16. The van der Waals surface area contributed by atoms with Crippen molar-refractivity contribution in [3.05, 3.63) is 35.9 Å². The molecular formula is C15H22O2. The van der Waals surface area contributed by atoms with Crippen LogP contribution in [-0.4, -0.2) is 18.8 Å². The second-order valence-corrected chi connectivity index (χ2v) is 4.60. The molecule has 1 rings (SSSR count). The van der Waals surface area contributed by atoms with E-state index in [1.807, 2.05) is 24.3 Å². The molecule has 1 atom stereocenters. The molecule has 0 radical (unpaired) electrons. The van der Waals surface area contributed by atoms with E-state index in [-0.39, 0.29) is 6.61 Å². The third kappa shape index (κ3) is 4.61. The summed E-state index contributed by atoms with van der Waals surface area (Å²) in [6.07, 6.45) is 5.13. The Labute approximate surface area is 104 Å². The van der Waals surface area contributed by atoms with Gasteiger partial charge in [0, 0.05) is 6.61 Å². The average Bonchev–Trinajstić information content (AvgIpc) is 2.35. The zero-order valence-corrected chi connectivity index (χ0v) is 10.9. The number of methoxy groups -OCH3 is 1. The fraction of sp³-hybridized carbons (Fsp3) is 0.467. The number of benzene rings is 1. The Balaban J connectivity index is 2.52. The highest BCUT2D eigenvalue weighted by Crippen LogP contribution is 2.17. The molecule has 0 saturated heterocycles. The summed E-state index contributed by atoms with van der Waals surface area (Å²) in [5.74, 6) is 1.74. The molecule has 2 nitrogen and oxygen atoms in total. The highest BCUT2D eigenvalue weighted by atomic mass is 16.5. The topological polar surface area (TPSA) is 29.5 Å². The van der Waals surface area contributed by atoms with Crippen LogP contribution in [0.2, 0.25) is 0 Å². The van der Waals surface area contributed by atoms with Crippen LogP contribution in [-0.2, 0) is 0 Å². The standard InChI is InChI=1S/C15H22O2/c1-12(2)14(11-16)6-4-5-13-7-9-15(17-3)10-8-13/h4-5,7-10,12,14,16H,6,11H2,1-3H3/b5-4+. The van der Waals surface area contributed by atoms with Crippen LogP contribution < -0.4 is 4.74 Å². The molecule has 2 heteroatoms. The smallest absolute Gasteiger partial charge is 0.118 e. The van der Waals surface area contributed by atoms with Crippen LogP contribution in [0.15, 0.2) is 30.3 Å². The van der Waals surface area contributed by atoms with Gasteiger partial charge in [0.2, 0.25) is 0 Å². The summed E-state index contributed by atoms with van der Waals surface area (Å²) in [6, 6.07) is 7.95. The van der Waals surface area contributed by atoms with Crippen LogP contribution in [0.4, 0.5) is 0 Å². The van der Waals surface area contributed by atoms with E-state index >= 15 is 0 Å². The van der Waals surface area contributed by atoms with Crippen LogP contribution in [0.1, 0.15) is 25.8 Å². The zero-order valence-electron chi connectivity index (χ0n) is 10.9. The molecule has 1 aromatic rings. The number of aliphatic hydroxyl groups is 1. The minimum atomic E-state index is 0.255. The van der Waals surface area contributed by atoms with Gasteiger partial charge in [-0.25, -0.2) is 0 Å². The van der Waals surface area contributed by atoms with Crippen molar-refractivity contribution in [2.24, 2.45) is 11.8 Å². The molecule has 0 spiro atoms. The Kier molecular flexibility index (Phi) is 5.78. The highest BCUT2D eigenvalue weighted by Gasteiger charge is 2.09. The van der Waals surface area contributed by atoms with E-state index in [9.17, 15) is 5.11 Å². The minimum Gasteiger partial charge on any atom is -0.497 e. The fourth-order valence-electron chi connectivity index (χ4n) is 1.65. The first-order valence-corrected chi connectivity index (χ1v) is 6.08. The predicted molar refractivity (Wildman–Crippen MR) is 72.1 cm³/mol. The van der Waals surface area contributed by atoms with Crippen molar-refractivity contribution in [3.8, 4) is 5.75 Å². The van der Waals surface area contributed by atoms with Crippen LogP contribution in [0, 0.1) is 11.8 Å². The number of aliphatic hydroxyl groups excluding tert-OH is 1. The molecule has 0 aliphatic carbocycles. The van der Waals surface area contributed by atoms with Gasteiger partial charge in [-0.1, -0.05) is 38.1 Å². The molecule has 0 aliphatic rings. The minimum absolute atomic E-state index is 0.255. The summed E-state index contributed by atoms with van der Waals surface area (Å²) < 4.78 is 5.10. The van der Waals surface area contributed by atoms with E-state index in [0.29, 0.717) is 11.8 Å². The second kappa shape index (κ2) is 7.13. The zero-order chi connectivity index (χ0) is 12.7. The first kappa shape index (κ1) is 13.8. The number of hydrogen-bond donors (Lipinski definition) is 1. The summed E-state index contributed by atoms with van der Waals surface area (Å²) in [5, 5.41) is 9.21. The molecule has 1 N–H and O–H groups in total. The Morgan fingerprint density at radius 3 is 2.35 bits per heavy atom. The molecule has 0 heterocycles. The SMILES string of the molecule is COc1ccc(/C=C/CC(CO)C(C)C)cc1. The number of hydrogen-bond acceptors (Lipinski definition) is 2. The number of rotatable bonds is 6. The quantitative estimate of drug-likeness (QED) is 0.817. The molecule has 1 unspecified atom stereocenters. The van der Waals surface area contributed by atoms with Gasteiger partial charge in [-0.3, -0.25) is 0 Å². The Morgan fingerprint density at radius 1 is 1.24 bits per heavy atom. The van der Waals surface area contributed by atoms with Gasteiger partial charge in [-0.2, -0.15) is 0 Å². The highest BCUT2D eigenvalue weighted by molar-refractivity contribution is 5.50. The maximum absolute atomic E-state index is 9.21. The predicted octanol–water partition coefficient (Wildman–Crippen LogP) is 3.36. The average molecular weight is 234 g/mol. The Hall–Kier alpha value is -1.28. The second-order valence-electron chi connectivity index (χ2n) is 4.60. The van der Waals surface area contributed by atoms with Gasteiger partial charge in [-0.05, 0) is 36.0 Å². The first-order valence-electron chi connectivity index (χ1n) is 6.08. The van der Waals surface area contributed by atoms with Crippen molar-refractivity contribution in [3.63, 3.8) is 0 Å². The van der Waals surface area contributed by atoms with E-state index < -0.39 is 0 Å². The summed E-state index contributed by atoms with van der Waals surface area (Å²) in [4.78, 5) is 0. The van der Waals surface area contributed by atoms with Crippen molar-refractivity contribution in [2.45, 2.75) is 20.3 Å². The fourth-order valence-corrected chi connectivity index (χ4v) is 1.65. The van der Waals surface area contributed by atoms with Crippen LogP contribution >= 0.6 is 0 Å². The van der Waals surface area contributed by atoms with Gasteiger partial charge in [-0.15, -0.1) is 0 Å². The first-order chi connectivity index (χ1) is 8.17. The number of ether oxygens (including phenoxy) is 1. The monoisotopic (exact) mass is 234 g/mol. The lowest BCUT2D eigenvalue weighted by Gasteiger charge is -2.15. The van der Waals surface area contributed by atoms with Crippen LogP contribution in [0.25, 0.3) is 6.08 Å². The van der Waals surface area contributed by atoms with E-state index in [0.717, 1.165) is 17.7 Å². The van der Waals surface area contributed by atoms with Crippen molar-refractivity contribution >= 4 is 6.08 Å². The lowest BCUT2D eigenvalue weighted by molar-refractivity contribution is 0.191. The molecular weight excluding hydrogens is 212 g/mol. The van der Waals surface area contributed by atoms with Crippen LogP contribution in [0.5, 0.6) is 5.75 Å². The lowest BCUT2D eigenvalue weighted by atomic mass is 9.93. The van der Waals surface area contributed by atoms with Gasteiger partial charge in [0.1, 0.15) is 5.75 Å². The molecule has 0 fully saturated rings. The van der Waals surface area contributed by atoms with Crippen LogP contribution in [0.3, 0.4) is 0 Å². The summed E-state index contributed by atoms with van der Waals surface area (Å²) in [6.45, 7) is 4.54. The third-order valence-corrected chi connectivity index (χ3v) is 3.04.